The number of fused-ring (bicyclic) bond motifs is 1. The third kappa shape index (κ3) is 2.17. The van der Waals surface area contributed by atoms with E-state index in [2.05, 4.69) is 52.0 Å². The second kappa shape index (κ2) is 4.81. The molecule has 0 saturated carbocycles. The molecule has 4 nitrogen and oxygen atoms in total. The van der Waals surface area contributed by atoms with Crippen LogP contribution in [0.5, 0.6) is 0 Å². The Morgan fingerprint density at radius 2 is 1.30 bits per heavy atom. The predicted molar refractivity (Wildman–Crippen MR) is 77.8 cm³/mol. The first-order chi connectivity index (χ1) is 9.19. The molecule has 1 aromatic rings. The van der Waals surface area contributed by atoms with Crippen LogP contribution in [0.15, 0.2) is 24.3 Å². The van der Waals surface area contributed by atoms with Crippen LogP contribution >= 0.6 is 0 Å². The number of hydroxylamine groups is 2. The van der Waals surface area contributed by atoms with Crippen molar-refractivity contribution >= 4 is 0 Å². The molecule has 112 valence electrons. The molecule has 1 heterocycles. The van der Waals surface area contributed by atoms with Gasteiger partial charge in [-0.15, -0.1) is 0 Å². The number of nitrogens with zero attached hydrogens (tertiary/aromatic N) is 1. The highest BCUT2D eigenvalue weighted by Crippen LogP contribution is 2.50. The summed E-state index contributed by atoms with van der Waals surface area (Å²) in [6.45, 7) is 10.3. The van der Waals surface area contributed by atoms with E-state index in [0.717, 1.165) is 0 Å². The molecule has 1 aliphatic rings. The molecule has 1 aromatic carbocycles. The van der Waals surface area contributed by atoms with Gasteiger partial charge in [-0.3, -0.25) is 0 Å². The first-order valence-corrected chi connectivity index (χ1v) is 6.89. The summed E-state index contributed by atoms with van der Waals surface area (Å²) in [5.74, 6) is -1.10. The molecular formula is C16H25NO3. The maximum Gasteiger partial charge on any atom is 0.296 e. The van der Waals surface area contributed by atoms with Crippen LogP contribution < -0.4 is 0 Å². The van der Waals surface area contributed by atoms with Crippen molar-refractivity contribution < 1.29 is 14.3 Å². The van der Waals surface area contributed by atoms with Gasteiger partial charge < -0.3 is 9.47 Å². The fraction of sp³-hybridized carbons (Fsp3) is 0.625. The van der Waals surface area contributed by atoms with Gasteiger partial charge in [-0.05, 0) is 38.8 Å². The minimum atomic E-state index is -1.10. The number of ether oxygens (including phenoxy) is 2. The Bertz CT molecular complexity index is 457. The van der Waals surface area contributed by atoms with Crippen LogP contribution in [0.3, 0.4) is 0 Å². The Kier molecular flexibility index (Phi) is 3.71. The molecule has 0 radical (unpaired) electrons. The van der Waals surface area contributed by atoms with Crippen molar-refractivity contribution in [2.75, 3.05) is 14.2 Å². The topological polar surface area (TPSA) is 30.9 Å². The minimum Gasteiger partial charge on any atom is -0.330 e. The fourth-order valence-electron chi connectivity index (χ4n) is 3.02. The second-order valence-corrected chi connectivity index (χ2v) is 6.32. The predicted octanol–water partition coefficient (Wildman–Crippen LogP) is 3.37. The minimum absolute atomic E-state index is 0.265. The molecule has 20 heavy (non-hydrogen) atoms. The number of hydrogen-bond donors (Lipinski definition) is 0. The van der Waals surface area contributed by atoms with Crippen LogP contribution in [0.2, 0.25) is 0 Å². The van der Waals surface area contributed by atoms with E-state index in [9.17, 15) is 0 Å². The summed E-state index contributed by atoms with van der Waals surface area (Å²) in [6.07, 6.45) is 0. The summed E-state index contributed by atoms with van der Waals surface area (Å²) in [6, 6.07) is 8.42. The zero-order chi connectivity index (χ0) is 15.2. The standard InChI is InChI=1S/C16H25NO3/c1-14(2)12-10-8-9-11-13(12)15(3,4)17(14)20-16(5,18-6)19-7/h8-11H,1-7H3. The van der Waals surface area contributed by atoms with Crippen molar-refractivity contribution in [2.24, 2.45) is 0 Å². The maximum absolute atomic E-state index is 6.10. The number of benzene rings is 1. The maximum atomic E-state index is 6.10. The average Bonchev–Trinajstić information content (AvgIpc) is 2.57. The van der Waals surface area contributed by atoms with Crippen molar-refractivity contribution in [3.63, 3.8) is 0 Å². The van der Waals surface area contributed by atoms with Crippen molar-refractivity contribution in [3.05, 3.63) is 35.4 Å². The molecule has 4 heteroatoms. The van der Waals surface area contributed by atoms with Crippen molar-refractivity contribution in [3.8, 4) is 0 Å². The molecule has 0 N–H and O–H groups in total. The molecule has 0 spiro atoms. The summed E-state index contributed by atoms with van der Waals surface area (Å²) >= 11 is 0. The number of hydrogen-bond acceptors (Lipinski definition) is 4. The Labute approximate surface area is 121 Å². The molecule has 0 bridgehead atoms. The lowest BCUT2D eigenvalue weighted by atomic mass is 9.91. The van der Waals surface area contributed by atoms with E-state index in [1.165, 1.54) is 11.1 Å². The third-order valence-electron chi connectivity index (χ3n) is 4.26. The molecule has 1 aliphatic heterocycles. The van der Waals surface area contributed by atoms with Gasteiger partial charge in [-0.25, -0.2) is 4.84 Å². The van der Waals surface area contributed by atoms with Gasteiger partial charge in [0.25, 0.3) is 5.97 Å². The second-order valence-electron chi connectivity index (χ2n) is 6.32. The first-order valence-electron chi connectivity index (χ1n) is 6.89. The molecule has 0 amide bonds. The van der Waals surface area contributed by atoms with Gasteiger partial charge in [-0.1, -0.05) is 24.3 Å². The number of rotatable bonds is 4. The molecular weight excluding hydrogens is 254 g/mol. The molecule has 0 fully saturated rings. The Hall–Kier alpha value is -0.940. The molecule has 2 rings (SSSR count). The van der Waals surface area contributed by atoms with Crippen LogP contribution in [0, 0.1) is 0 Å². The zero-order valence-corrected chi connectivity index (χ0v) is 13.5. The summed E-state index contributed by atoms with van der Waals surface area (Å²) in [7, 11) is 3.15. The van der Waals surface area contributed by atoms with Crippen LogP contribution in [-0.2, 0) is 25.4 Å². The van der Waals surface area contributed by atoms with Crippen molar-refractivity contribution in [1.82, 2.24) is 5.06 Å². The number of methoxy groups -OCH3 is 2. The Morgan fingerprint density at radius 1 is 0.900 bits per heavy atom. The fourth-order valence-corrected chi connectivity index (χ4v) is 3.02. The van der Waals surface area contributed by atoms with Gasteiger partial charge in [0.15, 0.2) is 0 Å². The lowest BCUT2D eigenvalue weighted by Gasteiger charge is -2.43. The van der Waals surface area contributed by atoms with Crippen molar-refractivity contribution in [2.45, 2.75) is 51.7 Å². The Balaban J connectivity index is 2.46. The monoisotopic (exact) mass is 279 g/mol. The van der Waals surface area contributed by atoms with Crippen LogP contribution in [-0.4, -0.2) is 25.3 Å². The van der Waals surface area contributed by atoms with E-state index in [4.69, 9.17) is 14.3 Å². The van der Waals surface area contributed by atoms with Gasteiger partial charge in [-0.2, -0.15) is 5.06 Å². The lowest BCUT2D eigenvalue weighted by Crippen LogP contribution is -2.51. The largest absolute Gasteiger partial charge is 0.330 e. The normalized spacial score (nSPS) is 20.9. The highest BCUT2D eigenvalue weighted by Gasteiger charge is 2.52. The SMILES string of the molecule is COC(C)(OC)ON1C(C)(C)c2ccccc2C1(C)C. The van der Waals surface area contributed by atoms with E-state index < -0.39 is 5.97 Å². The molecule has 0 aromatic heterocycles. The summed E-state index contributed by atoms with van der Waals surface area (Å²) < 4.78 is 10.7. The highest BCUT2D eigenvalue weighted by molar-refractivity contribution is 5.42. The van der Waals surface area contributed by atoms with Gasteiger partial charge in [0.05, 0.1) is 11.1 Å². The molecule has 0 aliphatic carbocycles. The van der Waals surface area contributed by atoms with E-state index in [0.29, 0.717) is 0 Å². The van der Waals surface area contributed by atoms with Crippen LogP contribution in [0.4, 0.5) is 0 Å². The first kappa shape index (κ1) is 15.4. The van der Waals surface area contributed by atoms with E-state index in [1.54, 1.807) is 21.1 Å². The summed E-state index contributed by atoms with van der Waals surface area (Å²) in [4.78, 5) is 6.10. The van der Waals surface area contributed by atoms with E-state index in [1.807, 2.05) is 5.06 Å². The zero-order valence-electron chi connectivity index (χ0n) is 13.5. The molecule has 0 saturated heterocycles. The smallest absolute Gasteiger partial charge is 0.296 e. The van der Waals surface area contributed by atoms with Crippen LogP contribution in [0.1, 0.15) is 45.7 Å². The van der Waals surface area contributed by atoms with Gasteiger partial charge in [0.2, 0.25) is 0 Å². The Morgan fingerprint density at radius 3 is 1.65 bits per heavy atom. The van der Waals surface area contributed by atoms with E-state index in [-0.39, 0.29) is 11.1 Å². The van der Waals surface area contributed by atoms with Crippen molar-refractivity contribution in [1.29, 1.82) is 0 Å². The molecule has 0 unspecified atom stereocenters. The van der Waals surface area contributed by atoms with Gasteiger partial charge in [0.1, 0.15) is 0 Å². The van der Waals surface area contributed by atoms with Crippen LogP contribution in [0.25, 0.3) is 0 Å². The summed E-state index contributed by atoms with van der Waals surface area (Å²) in [5.41, 5.74) is 2.00. The highest BCUT2D eigenvalue weighted by atomic mass is 16.9. The quantitative estimate of drug-likeness (QED) is 0.791. The third-order valence-corrected chi connectivity index (χ3v) is 4.26. The summed E-state index contributed by atoms with van der Waals surface area (Å²) in [5, 5.41) is 1.97. The van der Waals surface area contributed by atoms with E-state index >= 15 is 0 Å². The van der Waals surface area contributed by atoms with Gasteiger partial charge in [0, 0.05) is 21.1 Å². The van der Waals surface area contributed by atoms with Gasteiger partial charge >= 0.3 is 0 Å². The average molecular weight is 279 g/mol. The molecule has 0 atom stereocenters. The lowest BCUT2D eigenvalue weighted by molar-refractivity contribution is -0.458.